The normalized spacial score (nSPS) is 24.5. The summed E-state index contributed by atoms with van der Waals surface area (Å²) in [6.07, 6.45) is 2.76. The van der Waals surface area contributed by atoms with Gasteiger partial charge >= 0.3 is 5.97 Å². The Morgan fingerprint density at radius 2 is 2.18 bits per heavy atom. The van der Waals surface area contributed by atoms with E-state index in [2.05, 4.69) is 4.72 Å². The van der Waals surface area contributed by atoms with Gasteiger partial charge in [-0.1, -0.05) is 13.3 Å². The van der Waals surface area contributed by atoms with E-state index in [1.165, 1.54) is 11.2 Å². The van der Waals surface area contributed by atoms with Gasteiger partial charge in [0.25, 0.3) is 10.2 Å². The van der Waals surface area contributed by atoms with Gasteiger partial charge in [-0.25, -0.2) is 4.72 Å². The summed E-state index contributed by atoms with van der Waals surface area (Å²) in [6.45, 7) is 3.79. The van der Waals surface area contributed by atoms with Gasteiger partial charge in [-0.3, -0.25) is 4.79 Å². The Morgan fingerprint density at radius 3 is 2.71 bits per heavy atom. The maximum absolute atomic E-state index is 11.9. The minimum Gasteiger partial charge on any atom is -0.481 e. The second kappa shape index (κ2) is 5.79. The minimum atomic E-state index is -3.54. The van der Waals surface area contributed by atoms with Gasteiger partial charge in [-0.2, -0.15) is 12.7 Å². The molecule has 1 aliphatic heterocycles. The van der Waals surface area contributed by atoms with Crippen molar-refractivity contribution >= 4 is 16.2 Å². The van der Waals surface area contributed by atoms with Crippen molar-refractivity contribution < 1.29 is 18.3 Å². The van der Waals surface area contributed by atoms with Crippen molar-refractivity contribution in [3.8, 4) is 0 Å². The largest absolute Gasteiger partial charge is 0.481 e. The van der Waals surface area contributed by atoms with E-state index in [0.717, 1.165) is 19.3 Å². The highest BCUT2D eigenvalue weighted by Gasteiger charge is 2.29. The van der Waals surface area contributed by atoms with E-state index in [-0.39, 0.29) is 12.6 Å². The lowest BCUT2D eigenvalue weighted by Crippen LogP contribution is -2.49. The lowest BCUT2D eigenvalue weighted by Gasteiger charge is -2.32. The van der Waals surface area contributed by atoms with Crippen LogP contribution in [0.4, 0.5) is 0 Å². The second-order valence-corrected chi connectivity index (χ2v) is 6.26. The van der Waals surface area contributed by atoms with Crippen LogP contribution in [0.25, 0.3) is 0 Å². The zero-order valence-electron chi connectivity index (χ0n) is 10.2. The van der Waals surface area contributed by atoms with Gasteiger partial charge in [0.15, 0.2) is 0 Å². The molecule has 1 rings (SSSR count). The number of nitrogens with zero attached hydrogens (tertiary/aromatic N) is 1. The highest BCUT2D eigenvalue weighted by Crippen LogP contribution is 2.19. The molecule has 2 unspecified atom stereocenters. The molecular weight excluding hydrogens is 244 g/mol. The number of rotatable bonds is 5. The molecule has 17 heavy (non-hydrogen) atoms. The summed E-state index contributed by atoms with van der Waals surface area (Å²) < 4.78 is 27.7. The van der Waals surface area contributed by atoms with Gasteiger partial charge in [0.2, 0.25) is 0 Å². The molecule has 1 fully saturated rings. The molecule has 0 bridgehead atoms. The summed E-state index contributed by atoms with van der Waals surface area (Å²) in [7, 11) is -3.54. The van der Waals surface area contributed by atoms with E-state index in [1.807, 2.05) is 6.92 Å². The van der Waals surface area contributed by atoms with Crippen molar-refractivity contribution in [2.24, 2.45) is 5.92 Å². The molecule has 0 saturated carbocycles. The molecule has 1 aliphatic rings. The maximum Gasteiger partial charge on any atom is 0.307 e. The van der Waals surface area contributed by atoms with Crippen LogP contribution in [-0.4, -0.2) is 42.9 Å². The molecule has 0 aliphatic carbocycles. The van der Waals surface area contributed by atoms with E-state index in [0.29, 0.717) is 6.54 Å². The molecule has 0 aromatic carbocycles. The van der Waals surface area contributed by atoms with Crippen LogP contribution in [0.2, 0.25) is 0 Å². The summed E-state index contributed by atoms with van der Waals surface area (Å²) in [5, 5.41) is 8.69. The first-order valence-corrected chi connectivity index (χ1v) is 7.28. The van der Waals surface area contributed by atoms with Crippen LogP contribution < -0.4 is 4.72 Å². The Labute approximate surface area is 102 Å². The van der Waals surface area contributed by atoms with E-state index in [9.17, 15) is 13.2 Å². The SMILES string of the molecule is CC(CNS(=O)(=O)N1CCCCC1C)C(=O)O. The number of hydrogen-bond acceptors (Lipinski definition) is 3. The zero-order valence-corrected chi connectivity index (χ0v) is 11.0. The van der Waals surface area contributed by atoms with Crippen LogP contribution in [0.5, 0.6) is 0 Å². The fourth-order valence-corrected chi connectivity index (χ4v) is 3.40. The highest BCUT2D eigenvalue weighted by atomic mass is 32.2. The maximum atomic E-state index is 11.9. The van der Waals surface area contributed by atoms with Crippen molar-refractivity contribution in [3.63, 3.8) is 0 Å². The number of carbonyl (C=O) groups is 1. The predicted octanol–water partition coefficient (Wildman–Crippen LogP) is 0.416. The van der Waals surface area contributed by atoms with Gasteiger partial charge in [-0.15, -0.1) is 0 Å². The summed E-state index contributed by atoms with van der Waals surface area (Å²) in [6, 6.07) is -0.0126. The van der Waals surface area contributed by atoms with Crippen LogP contribution in [-0.2, 0) is 15.0 Å². The number of aliphatic carboxylic acids is 1. The molecule has 1 heterocycles. The lowest BCUT2D eigenvalue weighted by atomic mass is 10.1. The van der Waals surface area contributed by atoms with E-state index in [1.54, 1.807) is 0 Å². The van der Waals surface area contributed by atoms with E-state index >= 15 is 0 Å². The fraction of sp³-hybridized carbons (Fsp3) is 0.900. The first-order chi connectivity index (χ1) is 7.84. The number of carboxylic acids is 1. The zero-order chi connectivity index (χ0) is 13.1. The number of nitrogens with one attached hydrogen (secondary N) is 1. The van der Waals surface area contributed by atoms with Gasteiger partial charge < -0.3 is 5.11 Å². The molecule has 0 radical (unpaired) electrons. The standard InChI is InChI=1S/C10H20N2O4S/c1-8(10(13)14)7-11-17(15,16)12-6-4-3-5-9(12)2/h8-9,11H,3-7H2,1-2H3,(H,13,14). The third-order valence-corrected chi connectivity index (χ3v) is 4.74. The second-order valence-electron chi connectivity index (χ2n) is 4.55. The molecule has 0 aromatic rings. The smallest absolute Gasteiger partial charge is 0.307 e. The first kappa shape index (κ1) is 14.4. The molecule has 0 amide bonds. The van der Waals surface area contributed by atoms with Crippen molar-refractivity contribution in [1.82, 2.24) is 9.03 Å². The molecule has 2 N–H and O–H groups in total. The Kier molecular flexibility index (Phi) is 4.91. The third-order valence-electron chi connectivity index (χ3n) is 3.04. The number of piperidine rings is 1. The average molecular weight is 264 g/mol. The summed E-state index contributed by atoms with van der Waals surface area (Å²) in [4.78, 5) is 10.6. The number of hydrogen-bond donors (Lipinski definition) is 2. The van der Waals surface area contributed by atoms with E-state index < -0.39 is 22.1 Å². The monoisotopic (exact) mass is 264 g/mol. The highest BCUT2D eigenvalue weighted by molar-refractivity contribution is 7.87. The van der Waals surface area contributed by atoms with Gasteiger partial charge in [0, 0.05) is 19.1 Å². The third kappa shape index (κ3) is 3.93. The fourth-order valence-electron chi connectivity index (χ4n) is 1.83. The molecule has 0 aromatic heterocycles. The Morgan fingerprint density at radius 1 is 1.53 bits per heavy atom. The molecule has 1 saturated heterocycles. The Bertz CT molecular complexity index is 369. The van der Waals surface area contributed by atoms with Gasteiger partial charge in [-0.05, 0) is 19.8 Å². The Balaban J connectivity index is 2.58. The van der Waals surface area contributed by atoms with Crippen molar-refractivity contribution in [3.05, 3.63) is 0 Å². The molecule has 100 valence electrons. The minimum absolute atomic E-state index is 0.0126. The van der Waals surface area contributed by atoms with Crippen LogP contribution >= 0.6 is 0 Å². The molecule has 0 spiro atoms. The lowest BCUT2D eigenvalue weighted by molar-refractivity contribution is -0.140. The van der Waals surface area contributed by atoms with Crippen LogP contribution in [0, 0.1) is 5.92 Å². The summed E-state index contributed by atoms with van der Waals surface area (Å²) >= 11 is 0. The first-order valence-electron chi connectivity index (χ1n) is 5.84. The van der Waals surface area contributed by atoms with Gasteiger partial charge in [0.05, 0.1) is 5.92 Å². The van der Waals surface area contributed by atoms with E-state index in [4.69, 9.17) is 5.11 Å². The molecule has 7 heteroatoms. The van der Waals surface area contributed by atoms with Crippen LogP contribution in [0.15, 0.2) is 0 Å². The Hall–Kier alpha value is -0.660. The van der Waals surface area contributed by atoms with Crippen LogP contribution in [0.3, 0.4) is 0 Å². The van der Waals surface area contributed by atoms with Crippen molar-refractivity contribution in [1.29, 1.82) is 0 Å². The predicted molar refractivity (Wildman–Crippen MR) is 63.7 cm³/mol. The topological polar surface area (TPSA) is 86.7 Å². The van der Waals surface area contributed by atoms with Crippen molar-refractivity contribution in [2.75, 3.05) is 13.1 Å². The molecule has 6 nitrogen and oxygen atoms in total. The van der Waals surface area contributed by atoms with Gasteiger partial charge in [0.1, 0.15) is 0 Å². The van der Waals surface area contributed by atoms with Crippen LogP contribution in [0.1, 0.15) is 33.1 Å². The molecular formula is C10H20N2O4S. The summed E-state index contributed by atoms with van der Waals surface area (Å²) in [5.74, 6) is -1.72. The van der Waals surface area contributed by atoms with Crippen molar-refractivity contribution in [2.45, 2.75) is 39.2 Å². The molecule has 2 atom stereocenters. The summed E-state index contributed by atoms with van der Waals surface area (Å²) in [5.41, 5.74) is 0. The quantitative estimate of drug-likeness (QED) is 0.753. The average Bonchev–Trinajstić information content (AvgIpc) is 2.26. The number of carboxylic acid groups (broad SMARTS) is 1.